The fourth-order valence-electron chi connectivity index (χ4n) is 4.79. The predicted octanol–water partition coefficient (Wildman–Crippen LogP) is 4.60. The van der Waals surface area contributed by atoms with Crippen LogP contribution in [0, 0.1) is 5.82 Å². The van der Waals surface area contributed by atoms with Crippen molar-refractivity contribution in [2.75, 3.05) is 0 Å². The van der Waals surface area contributed by atoms with E-state index in [0.717, 1.165) is 39.2 Å². The Morgan fingerprint density at radius 3 is 2.52 bits per heavy atom. The Bertz CT molecular complexity index is 1400. The summed E-state index contributed by atoms with van der Waals surface area (Å²) in [5.41, 5.74) is 3.80. The Kier molecular flexibility index (Phi) is 4.43. The number of hydrogen-bond donors (Lipinski definition) is 1. The second-order valence-electron chi connectivity index (χ2n) is 8.37. The SMILES string of the molecule is O=C1NC(=O)N2Cc3c(c4cc(F)ccc4n3Cc3ccc(Oc4ccccc4)cc3)CC12. The number of carbonyl (C=O) groups is 2. The van der Waals surface area contributed by atoms with E-state index in [1.165, 1.54) is 12.1 Å². The van der Waals surface area contributed by atoms with E-state index < -0.39 is 6.04 Å². The lowest BCUT2D eigenvalue weighted by Crippen LogP contribution is -2.40. The number of hydrogen-bond acceptors (Lipinski definition) is 3. The van der Waals surface area contributed by atoms with Gasteiger partial charge in [0.15, 0.2) is 0 Å². The van der Waals surface area contributed by atoms with Gasteiger partial charge in [0.2, 0.25) is 0 Å². The highest BCUT2D eigenvalue weighted by Gasteiger charge is 2.43. The minimum absolute atomic E-state index is 0.294. The van der Waals surface area contributed by atoms with E-state index in [1.807, 2.05) is 54.6 Å². The summed E-state index contributed by atoms with van der Waals surface area (Å²) >= 11 is 0. The summed E-state index contributed by atoms with van der Waals surface area (Å²) in [6.45, 7) is 0.861. The summed E-state index contributed by atoms with van der Waals surface area (Å²) < 4.78 is 22.1. The van der Waals surface area contributed by atoms with Crippen molar-refractivity contribution in [3.63, 3.8) is 0 Å². The van der Waals surface area contributed by atoms with E-state index in [1.54, 1.807) is 11.0 Å². The van der Waals surface area contributed by atoms with E-state index >= 15 is 0 Å². The molecule has 1 fully saturated rings. The van der Waals surface area contributed by atoms with E-state index in [2.05, 4.69) is 9.88 Å². The van der Waals surface area contributed by atoms with Crippen LogP contribution in [0.2, 0.25) is 0 Å². The molecule has 1 atom stereocenters. The molecule has 1 N–H and O–H groups in total. The third-order valence-corrected chi connectivity index (χ3v) is 6.38. The van der Waals surface area contributed by atoms with Gasteiger partial charge < -0.3 is 14.2 Å². The smallest absolute Gasteiger partial charge is 0.325 e. The van der Waals surface area contributed by atoms with Gasteiger partial charge in [-0.15, -0.1) is 0 Å². The fraction of sp³-hybridized carbons (Fsp3) is 0.154. The van der Waals surface area contributed by atoms with Crippen LogP contribution < -0.4 is 10.1 Å². The number of nitrogens with zero attached hydrogens (tertiary/aromatic N) is 2. The first-order valence-electron chi connectivity index (χ1n) is 10.8. The third kappa shape index (κ3) is 3.33. The normalized spacial score (nSPS) is 17.1. The highest BCUT2D eigenvalue weighted by Crippen LogP contribution is 2.35. The molecule has 33 heavy (non-hydrogen) atoms. The number of urea groups is 1. The van der Waals surface area contributed by atoms with Gasteiger partial charge >= 0.3 is 6.03 Å². The van der Waals surface area contributed by atoms with Crippen molar-refractivity contribution in [2.45, 2.75) is 25.6 Å². The highest BCUT2D eigenvalue weighted by molar-refractivity contribution is 6.05. The molecule has 0 bridgehead atoms. The average Bonchev–Trinajstić information content (AvgIpc) is 3.27. The Balaban J connectivity index is 1.35. The van der Waals surface area contributed by atoms with Gasteiger partial charge in [0.25, 0.3) is 5.91 Å². The van der Waals surface area contributed by atoms with Gasteiger partial charge in [-0.3, -0.25) is 10.1 Å². The summed E-state index contributed by atoms with van der Waals surface area (Å²) in [5, 5.41) is 3.18. The minimum atomic E-state index is -0.540. The number of aromatic nitrogens is 1. The molecule has 2 aliphatic rings. The second-order valence-corrected chi connectivity index (χ2v) is 8.37. The molecule has 0 aliphatic carbocycles. The number of ether oxygens (including phenoxy) is 1. The maximum atomic E-state index is 14.1. The quantitative estimate of drug-likeness (QED) is 0.471. The van der Waals surface area contributed by atoms with Gasteiger partial charge in [-0.25, -0.2) is 9.18 Å². The van der Waals surface area contributed by atoms with Crippen LogP contribution in [0.15, 0.2) is 72.8 Å². The van der Waals surface area contributed by atoms with Crippen LogP contribution in [-0.2, 0) is 24.3 Å². The zero-order valence-electron chi connectivity index (χ0n) is 17.6. The molecule has 2 aliphatic heterocycles. The van der Waals surface area contributed by atoms with Crippen molar-refractivity contribution in [3.05, 3.63) is 95.4 Å². The first kappa shape index (κ1) is 19.5. The largest absolute Gasteiger partial charge is 0.457 e. The number of imide groups is 1. The Hall–Kier alpha value is -4.13. The van der Waals surface area contributed by atoms with Crippen molar-refractivity contribution >= 4 is 22.8 Å². The second kappa shape index (κ2) is 7.48. The molecule has 6 nitrogen and oxygen atoms in total. The maximum Gasteiger partial charge on any atom is 0.325 e. The number of carbonyl (C=O) groups excluding carboxylic acids is 2. The van der Waals surface area contributed by atoms with E-state index in [-0.39, 0.29) is 17.8 Å². The molecule has 4 aromatic rings. The van der Waals surface area contributed by atoms with E-state index in [0.29, 0.717) is 19.5 Å². The number of nitrogens with one attached hydrogen (secondary N) is 1. The molecule has 6 rings (SSSR count). The van der Waals surface area contributed by atoms with E-state index in [9.17, 15) is 14.0 Å². The summed E-state index contributed by atoms with van der Waals surface area (Å²) in [5.74, 6) is 0.892. The summed E-state index contributed by atoms with van der Waals surface area (Å²) in [6.07, 6.45) is 0.379. The molecule has 3 heterocycles. The molecule has 1 saturated heterocycles. The molecular formula is C26H20FN3O3. The van der Waals surface area contributed by atoms with Crippen molar-refractivity contribution in [1.29, 1.82) is 0 Å². The lowest BCUT2D eigenvalue weighted by molar-refractivity contribution is -0.121. The Morgan fingerprint density at radius 2 is 1.73 bits per heavy atom. The lowest BCUT2D eigenvalue weighted by Gasteiger charge is -2.28. The van der Waals surface area contributed by atoms with Crippen molar-refractivity contribution < 1.29 is 18.7 Å². The van der Waals surface area contributed by atoms with Crippen LogP contribution >= 0.6 is 0 Å². The van der Waals surface area contributed by atoms with Crippen molar-refractivity contribution in [2.24, 2.45) is 0 Å². The van der Waals surface area contributed by atoms with Crippen LogP contribution in [0.1, 0.15) is 16.8 Å². The van der Waals surface area contributed by atoms with Crippen LogP contribution in [0.3, 0.4) is 0 Å². The van der Waals surface area contributed by atoms with Gasteiger partial charge in [-0.1, -0.05) is 30.3 Å². The number of halogens is 1. The molecule has 1 aromatic heterocycles. The first-order chi connectivity index (χ1) is 16.1. The van der Waals surface area contributed by atoms with Gasteiger partial charge in [0, 0.05) is 29.6 Å². The number of benzene rings is 3. The van der Waals surface area contributed by atoms with Gasteiger partial charge in [-0.2, -0.15) is 0 Å². The number of para-hydroxylation sites is 1. The molecule has 1 unspecified atom stereocenters. The standard InChI is InChI=1S/C26H20FN3O3/c27-17-8-11-22-20(12-17)21-13-23-25(31)28-26(32)30(23)15-24(21)29(22)14-16-6-9-19(10-7-16)33-18-4-2-1-3-5-18/h1-12,23H,13-15H2,(H,28,31,32). The van der Waals surface area contributed by atoms with Gasteiger partial charge in [0.1, 0.15) is 23.4 Å². The zero-order chi connectivity index (χ0) is 22.5. The summed E-state index contributed by atoms with van der Waals surface area (Å²) in [4.78, 5) is 26.1. The number of amides is 3. The van der Waals surface area contributed by atoms with Crippen LogP contribution in [0.25, 0.3) is 10.9 Å². The molecule has 0 spiro atoms. The zero-order valence-corrected chi connectivity index (χ0v) is 17.6. The van der Waals surface area contributed by atoms with Crippen LogP contribution in [0.4, 0.5) is 9.18 Å². The molecule has 7 heteroatoms. The monoisotopic (exact) mass is 441 g/mol. The minimum Gasteiger partial charge on any atom is -0.457 e. The van der Waals surface area contributed by atoms with Crippen LogP contribution in [0.5, 0.6) is 11.5 Å². The fourth-order valence-corrected chi connectivity index (χ4v) is 4.79. The third-order valence-electron chi connectivity index (χ3n) is 6.38. The van der Waals surface area contributed by atoms with E-state index in [4.69, 9.17) is 4.74 Å². The molecule has 0 saturated carbocycles. The number of rotatable bonds is 4. The molecule has 164 valence electrons. The summed E-state index contributed by atoms with van der Waals surface area (Å²) in [6, 6.07) is 21.2. The molecule has 3 aromatic carbocycles. The Morgan fingerprint density at radius 1 is 0.970 bits per heavy atom. The molecular weight excluding hydrogens is 421 g/mol. The number of fused-ring (bicyclic) bond motifs is 4. The maximum absolute atomic E-state index is 14.1. The van der Waals surface area contributed by atoms with Crippen molar-refractivity contribution in [3.8, 4) is 11.5 Å². The predicted molar refractivity (Wildman–Crippen MR) is 121 cm³/mol. The van der Waals surface area contributed by atoms with Crippen LogP contribution in [-0.4, -0.2) is 27.4 Å². The van der Waals surface area contributed by atoms with Gasteiger partial charge in [-0.05, 0) is 53.6 Å². The topological polar surface area (TPSA) is 63.6 Å². The first-order valence-corrected chi connectivity index (χ1v) is 10.8. The molecule has 0 radical (unpaired) electrons. The Labute approximate surface area is 189 Å². The highest BCUT2D eigenvalue weighted by atomic mass is 19.1. The lowest BCUT2D eigenvalue weighted by atomic mass is 9.97. The summed E-state index contributed by atoms with van der Waals surface area (Å²) in [7, 11) is 0. The van der Waals surface area contributed by atoms with Gasteiger partial charge in [0.05, 0.1) is 6.54 Å². The average molecular weight is 441 g/mol. The van der Waals surface area contributed by atoms with Crippen molar-refractivity contribution in [1.82, 2.24) is 14.8 Å². The molecule has 3 amide bonds.